The molecule has 4 atom stereocenters. The molecule has 0 saturated heterocycles. The minimum Gasteiger partial charge on any atom is -0.478 e. The summed E-state index contributed by atoms with van der Waals surface area (Å²) >= 11 is 12.6. The Hall–Kier alpha value is -3.82. The number of nitrogens with one attached hydrogen (secondary N) is 1. The molecule has 0 spiro atoms. The summed E-state index contributed by atoms with van der Waals surface area (Å²) in [4.78, 5) is 28.2. The highest BCUT2D eigenvalue weighted by Crippen LogP contribution is 2.50. The van der Waals surface area contributed by atoms with Crippen molar-refractivity contribution in [1.29, 1.82) is 0 Å². The predicted molar refractivity (Wildman–Crippen MR) is 154 cm³/mol. The van der Waals surface area contributed by atoms with Crippen molar-refractivity contribution in [3.63, 3.8) is 0 Å². The molecule has 3 aromatic carbocycles. The van der Waals surface area contributed by atoms with Crippen molar-refractivity contribution in [3.05, 3.63) is 81.6 Å². The largest absolute Gasteiger partial charge is 0.478 e. The van der Waals surface area contributed by atoms with Gasteiger partial charge < -0.3 is 20.1 Å². The van der Waals surface area contributed by atoms with Crippen molar-refractivity contribution < 1.29 is 23.8 Å². The lowest BCUT2D eigenvalue weighted by atomic mass is 9.81. The Bertz CT molecular complexity index is 1740. The Morgan fingerprint density at radius 2 is 1.95 bits per heavy atom. The number of aromatic nitrogens is 2. The molecule has 8 nitrogen and oxygen atoms in total. The molecule has 41 heavy (non-hydrogen) atoms. The van der Waals surface area contributed by atoms with Crippen LogP contribution in [-0.2, 0) is 4.79 Å². The Balaban J connectivity index is 1.51. The first-order chi connectivity index (χ1) is 19.7. The minimum atomic E-state index is -1.08. The van der Waals surface area contributed by atoms with E-state index in [0.717, 1.165) is 18.5 Å². The molecule has 1 saturated carbocycles. The molecule has 11 heteroatoms. The summed E-state index contributed by atoms with van der Waals surface area (Å²) in [5, 5.41) is 18.4. The second kappa shape index (κ2) is 9.63. The first kappa shape index (κ1) is 26.1. The number of carbonyl (C=O) groups is 2. The number of carboxylic acid groups (broad SMARTS) is 1. The topological polar surface area (TPSA) is 96.7 Å². The number of carboxylic acids is 1. The summed E-state index contributed by atoms with van der Waals surface area (Å²) < 4.78 is 23.9. The van der Waals surface area contributed by atoms with E-state index in [2.05, 4.69) is 10.2 Å². The number of rotatable bonds is 4. The lowest BCUT2D eigenvalue weighted by molar-refractivity contribution is -0.119. The maximum absolute atomic E-state index is 15.8. The molecule has 7 rings (SSSR count). The number of benzene rings is 3. The minimum absolute atomic E-state index is 0.0755. The van der Waals surface area contributed by atoms with Crippen LogP contribution in [-0.4, -0.2) is 45.5 Å². The number of anilines is 2. The van der Waals surface area contributed by atoms with Gasteiger partial charge in [0.25, 0.3) is 0 Å². The third-order valence-corrected chi connectivity index (χ3v) is 8.81. The zero-order valence-electron chi connectivity index (χ0n) is 21.9. The normalized spacial score (nSPS) is 23.5. The van der Waals surface area contributed by atoms with Gasteiger partial charge in [0.1, 0.15) is 11.9 Å². The zero-order chi connectivity index (χ0) is 28.6. The monoisotopic (exact) mass is 594 g/mol. The predicted octanol–water partition coefficient (Wildman–Crippen LogP) is 6.52. The van der Waals surface area contributed by atoms with Gasteiger partial charge >= 0.3 is 5.97 Å². The van der Waals surface area contributed by atoms with Gasteiger partial charge in [-0.2, -0.15) is 5.10 Å². The van der Waals surface area contributed by atoms with Crippen molar-refractivity contribution in [2.45, 2.75) is 43.9 Å². The summed E-state index contributed by atoms with van der Waals surface area (Å²) in [6, 6.07) is 13.4. The molecular formula is C30H25Cl2FN4O4. The lowest BCUT2D eigenvalue weighted by Crippen LogP contribution is -2.57. The van der Waals surface area contributed by atoms with Crippen molar-refractivity contribution in [2.24, 2.45) is 5.92 Å². The maximum atomic E-state index is 15.8. The highest BCUT2D eigenvalue weighted by Gasteiger charge is 2.51. The molecule has 210 valence electrons. The SMILES string of the molecule is C[C@@H]1Oc2c3ccc(C(=O)O)cc3nn2[C@H]2[C@@H]1N(CC1CC1)c1ccc(Cl)cc1NC(=O)[C@@H]2c1cccc(Cl)c1F. The Morgan fingerprint density at radius 1 is 1.15 bits per heavy atom. The average Bonchev–Trinajstić information content (AvgIpc) is 3.68. The molecule has 2 aliphatic heterocycles. The van der Waals surface area contributed by atoms with E-state index < -0.39 is 41.8 Å². The quantitative estimate of drug-likeness (QED) is 0.279. The van der Waals surface area contributed by atoms with Crippen LogP contribution in [0.5, 0.6) is 5.88 Å². The summed E-state index contributed by atoms with van der Waals surface area (Å²) in [6.45, 7) is 2.63. The van der Waals surface area contributed by atoms with Gasteiger partial charge in [-0.05, 0) is 68.1 Å². The standard InChI is InChI=1S/C30H25Cl2FN4O4/c1-14-26-27(37-29(41-14)18-9-7-16(30(39)40)11-21(18)35-37)24(19-3-2-4-20(32)25(19)33)28(38)34-22-12-17(31)8-10-23(22)36(26)13-15-5-6-15/h2-4,7-12,14-15,24,26-27H,5-6,13H2,1H3,(H,34,38)(H,39,40)/t14-,24+,26+,27+/m0/s1. The highest BCUT2D eigenvalue weighted by atomic mass is 35.5. The first-order valence-electron chi connectivity index (χ1n) is 13.4. The van der Waals surface area contributed by atoms with Crippen LogP contribution < -0.4 is 15.0 Å². The molecule has 0 unspecified atom stereocenters. The molecule has 4 aromatic rings. The third-order valence-electron chi connectivity index (χ3n) is 8.29. The highest BCUT2D eigenvalue weighted by molar-refractivity contribution is 6.31. The lowest BCUT2D eigenvalue weighted by Gasteiger charge is -2.48. The van der Waals surface area contributed by atoms with Crippen LogP contribution in [0.4, 0.5) is 15.8 Å². The number of carbonyl (C=O) groups excluding carboxylic acids is 1. The van der Waals surface area contributed by atoms with Gasteiger partial charge in [0, 0.05) is 17.1 Å². The molecule has 2 N–H and O–H groups in total. The number of ether oxygens (including phenoxy) is 1. The van der Waals surface area contributed by atoms with E-state index in [0.29, 0.717) is 40.0 Å². The van der Waals surface area contributed by atoms with E-state index in [9.17, 15) is 14.7 Å². The summed E-state index contributed by atoms with van der Waals surface area (Å²) in [5.74, 6) is -2.42. The maximum Gasteiger partial charge on any atom is 0.335 e. The molecular weight excluding hydrogens is 570 g/mol. The van der Waals surface area contributed by atoms with Crippen molar-refractivity contribution >= 4 is 57.4 Å². The fourth-order valence-corrected chi connectivity index (χ4v) is 6.60. The Labute approximate surface area is 244 Å². The smallest absolute Gasteiger partial charge is 0.335 e. The van der Waals surface area contributed by atoms with Crippen molar-refractivity contribution in [1.82, 2.24) is 9.78 Å². The molecule has 1 aliphatic carbocycles. The van der Waals surface area contributed by atoms with Gasteiger partial charge in [-0.25, -0.2) is 13.9 Å². The fourth-order valence-electron chi connectivity index (χ4n) is 6.25. The van der Waals surface area contributed by atoms with E-state index in [-0.39, 0.29) is 16.1 Å². The van der Waals surface area contributed by atoms with Crippen LogP contribution in [0.25, 0.3) is 10.9 Å². The molecule has 3 aliphatic rings. The van der Waals surface area contributed by atoms with Crippen molar-refractivity contribution in [2.75, 3.05) is 16.8 Å². The van der Waals surface area contributed by atoms with Gasteiger partial charge in [0.05, 0.1) is 50.9 Å². The number of halogens is 3. The van der Waals surface area contributed by atoms with Gasteiger partial charge in [-0.1, -0.05) is 35.3 Å². The third kappa shape index (κ3) is 4.30. The van der Waals surface area contributed by atoms with Crippen LogP contribution >= 0.6 is 23.2 Å². The van der Waals surface area contributed by atoms with Gasteiger partial charge in [-0.15, -0.1) is 0 Å². The zero-order valence-corrected chi connectivity index (χ0v) is 23.4. The number of nitrogens with zero attached hydrogens (tertiary/aromatic N) is 3. The van der Waals surface area contributed by atoms with E-state index >= 15 is 4.39 Å². The van der Waals surface area contributed by atoms with Gasteiger partial charge in [0.15, 0.2) is 0 Å². The van der Waals surface area contributed by atoms with Crippen molar-refractivity contribution in [3.8, 4) is 5.88 Å². The van der Waals surface area contributed by atoms with Gasteiger partial charge in [0.2, 0.25) is 11.8 Å². The van der Waals surface area contributed by atoms with Crippen LogP contribution in [0.3, 0.4) is 0 Å². The van der Waals surface area contributed by atoms with Crippen LogP contribution in [0, 0.1) is 11.7 Å². The molecule has 0 bridgehead atoms. The molecule has 0 radical (unpaired) electrons. The van der Waals surface area contributed by atoms with E-state index in [4.69, 9.17) is 33.0 Å². The molecule has 1 aromatic heterocycles. The van der Waals surface area contributed by atoms with Crippen LogP contribution in [0.15, 0.2) is 54.6 Å². The first-order valence-corrected chi connectivity index (χ1v) is 14.2. The number of amides is 1. The fraction of sp³-hybridized carbons (Fsp3) is 0.300. The molecule has 1 amide bonds. The van der Waals surface area contributed by atoms with Gasteiger partial charge in [-0.3, -0.25) is 4.79 Å². The summed E-state index contributed by atoms with van der Waals surface area (Å²) in [7, 11) is 0. The molecule has 1 fully saturated rings. The summed E-state index contributed by atoms with van der Waals surface area (Å²) in [5.41, 5.74) is 1.93. The summed E-state index contributed by atoms with van der Waals surface area (Å²) in [6.07, 6.45) is 1.71. The van der Waals surface area contributed by atoms with Crippen LogP contribution in [0.2, 0.25) is 10.0 Å². The number of aromatic carboxylic acids is 1. The average molecular weight is 595 g/mol. The second-order valence-electron chi connectivity index (χ2n) is 11.0. The number of hydrogen-bond acceptors (Lipinski definition) is 5. The van der Waals surface area contributed by atoms with E-state index in [1.165, 1.54) is 18.2 Å². The Morgan fingerprint density at radius 3 is 2.71 bits per heavy atom. The van der Waals surface area contributed by atoms with Crippen LogP contribution in [0.1, 0.15) is 47.6 Å². The number of fused-ring (bicyclic) bond motifs is 6. The van der Waals surface area contributed by atoms with E-state index in [1.807, 2.05) is 13.0 Å². The second-order valence-corrected chi connectivity index (χ2v) is 11.8. The molecule has 3 heterocycles. The number of hydrogen-bond donors (Lipinski definition) is 2. The van der Waals surface area contributed by atoms with E-state index in [1.54, 1.807) is 35.0 Å². The Kier molecular flexibility index (Phi) is 6.13.